The number of allylic oxidation sites excluding steroid dienone is 1. The van der Waals surface area contributed by atoms with Crippen LogP contribution in [0.25, 0.3) is 0 Å². The van der Waals surface area contributed by atoms with E-state index in [-0.39, 0.29) is 12.7 Å². The van der Waals surface area contributed by atoms with Crippen molar-refractivity contribution in [3.8, 4) is 0 Å². The summed E-state index contributed by atoms with van der Waals surface area (Å²) in [5, 5.41) is 0. The predicted molar refractivity (Wildman–Crippen MR) is 108 cm³/mol. The highest BCUT2D eigenvalue weighted by atomic mass is 79.9. The summed E-state index contributed by atoms with van der Waals surface area (Å²) in [4.78, 5) is 30.1. The number of carbonyl (C=O) groups is 2. The fourth-order valence-electron chi connectivity index (χ4n) is 3.82. The van der Waals surface area contributed by atoms with Crippen LogP contribution in [0.2, 0.25) is 0 Å². The van der Waals surface area contributed by atoms with E-state index in [9.17, 15) is 9.59 Å². The molecule has 0 aromatic heterocycles. The predicted octanol–water partition coefficient (Wildman–Crippen LogP) is 3.79. The van der Waals surface area contributed by atoms with Crippen molar-refractivity contribution < 1.29 is 23.8 Å². The van der Waals surface area contributed by atoms with Gasteiger partial charge in [0.1, 0.15) is 12.5 Å². The molecule has 1 aromatic rings. The van der Waals surface area contributed by atoms with Gasteiger partial charge in [0.2, 0.25) is 0 Å². The van der Waals surface area contributed by atoms with E-state index in [1.165, 1.54) is 7.11 Å². The molecule has 1 aromatic carbocycles. The minimum atomic E-state index is -0.687. The van der Waals surface area contributed by atoms with Gasteiger partial charge in [-0.3, -0.25) is 9.79 Å². The quantitative estimate of drug-likeness (QED) is 0.639. The molecule has 2 heterocycles. The zero-order chi connectivity index (χ0) is 20.3. The van der Waals surface area contributed by atoms with Crippen LogP contribution in [0.5, 0.6) is 0 Å². The standard InChI is InChI=1S/C21H24BrNO5/c1-12-17(20(24)26-3)19(14-6-4-7-15(22)10-14)18(13(2)23-12)21(25)28-11-16-8-5-9-27-16/h4,6-7,10,16-17,19H,5,8-9,11H2,1-3H3/t16-,17?,19+/m1/s1. The van der Waals surface area contributed by atoms with E-state index in [2.05, 4.69) is 20.9 Å². The van der Waals surface area contributed by atoms with Crippen LogP contribution in [0.15, 0.2) is 45.0 Å². The number of nitrogens with zero attached hydrogens (tertiary/aromatic N) is 1. The number of rotatable bonds is 5. The highest BCUT2D eigenvalue weighted by Crippen LogP contribution is 2.40. The summed E-state index contributed by atoms with van der Waals surface area (Å²) < 4.78 is 17.0. The molecule has 28 heavy (non-hydrogen) atoms. The molecule has 2 aliphatic heterocycles. The maximum absolute atomic E-state index is 13.0. The largest absolute Gasteiger partial charge is 0.468 e. The van der Waals surface area contributed by atoms with Gasteiger partial charge in [-0.15, -0.1) is 0 Å². The average Bonchev–Trinajstić information content (AvgIpc) is 3.18. The molecule has 0 saturated carbocycles. The fourth-order valence-corrected chi connectivity index (χ4v) is 4.23. The Labute approximate surface area is 173 Å². The van der Waals surface area contributed by atoms with Crippen LogP contribution in [0.4, 0.5) is 0 Å². The van der Waals surface area contributed by atoms with Gasteiger partial charge < -0.3 is 14.2 Å². The maximum atomic E-state index is 13.0. The van der Waals surface area contributed by atoms with E-state index in [0.29, 0.717) is 23.6 Å². The van der Waals surface area contributed by atoms with Crippen LogP contribution in [0.3, 0.4) is 0 Å². The second-order valence-electron chi connectivity index (χ2n) is 7.02. The molecule has 0 bridgehead atoms. The summed E-state index contributed by atoms with van der Waals surface area (Å²) >= 11 is 3.47. The molecule has 1 saturated heterocycles. The van der Waals surface area contributed by atoms with Crippen LogP contribution in [0.1, 0.15) is 38.2 Å². The number of benzene rings is 1. The highest BCUT2D eigenvalue weighted by Gasteiger charge is 2.42. The lowest BCUT2D eigenvalue weighted by Crippen LogP contribution is -2.36. The summed E-state index contributed by atoms with van der Waals surface area (Å²) in [6.45, 7) is 4.44. The Bertz CT molecular complexity index is 826. The third-order valence-corrected chi connectivity index (χ3v) is 5.63. The molecule has 0 N–H and O–H groups in total. The molecule has 2 aliphatic rings. The Kier molecular flexibility index (Phi) is 6.67. The first kappa shape index (κ1) is 20.7. The van der Waals surface area contributed by atoms with E-state index >= 15 is 0 Å². The van der Waals surface area contributed by atoms with Crippen LogP contribution in [-0.4, -0.2) is 44.1 Å². The van der Waals surface area contributed by atoms with Gasteiger partial charge in [0, 0.05) is 28.4 Å². The molecule has 6 nitrogen and oxygen atoms in total. The van der Waals surface area contributed by atoms with Crippen molar-refractivity contribution in [1.29, 1.82) is 0 Å². The van der Waals surface area contributed by atoms with Crippen molar-refractivity contribution >= 4 is 33.6 Å². The van der Waals surface area contributed by atoms with Gasteiger partial charge in [-0.05, 0) is 44.4 Å². The lowest BCUT2D eigenvalue weighted by molar-refractivity contribution is -0.144. The average molecular weight is 450 g/mol. The Morgan fingerprint density at radius 1 is 1.32 bits per heavy atom. The number of aliphatic imine (C=N–C) groups is 1. The molecule has 1 fully saturated rings. The minimum Gasteiger partial charge on any atom is -0.468 e. The number of carbonyl (C=O) groups excluding carboxylic acids is 2. The van der Waals surface area contributed by atoms with Gasteiger partial charge in [-0.2, -0.15) is 0 Å². The summed E-state index contributed by atoms with van der Waals surface area (Å²) in [6.07, 6.45) is 1.78. The van der Waals surface area contributed by atoms with Gasteiger partial charge in [0.05, 0.1) is 18.8 Å². The van der Waals surface area contributed by atoms with Gasteiger partial charge in [0.15, 0.2) is 0 Å². The Morgan fingerprint density at radius 3 is 2.75 bits per heavy atom. The van der Waals surface area contributed by atoms with Crippen molar-refractivity contribution in [2.45, 2.75) is 38.7 Å². The number of methoxy groups -OCH3 is 1. The zero-order valence-corrected chi connectivity index (χ0v) is 17.8. The van der Waals surface area contributed by atoms with E-state index < -0.39 is 23.8 Å². The summed E-state index contributed by atoms with van der Waals surface area (Å²) in [5.74, 6) is -2.11. The van der Waals surface area contributed by atoms with Gasteiger partial charge in [-0.25, -0.2) is 4.79 Å². The topological polar surface area (TPSA) is 74.2 Å². The van der Waals surface area contributed by atoms with Gasteiger partial charge in [0.25, 0.3) is 0 Å². The molecular weight excluding hydrogens is 426 g/mol. The monoisotopic (exact) mass is 449 g/mol. The summed E-state index contributed by atoms with van der Waals surface area (Å²) in [6, 6.07) is 7.57. The van der Waals surface area contributed by atoms with Crippen molar-refractivity contribution in [2.75, 3.05) is 20.3 Å². The van der Waals surface area contributed by atoms with Crippen molar-refractivity contribution in [2.24, 2.45) is 10.9 Å². The second-order valence-corrected chi connectivity index (χ2v) is 7.93. The van der Waals surface area contributed by atoms with E-state index in [0.717, 1.165) is 22.9 Å². The molecule has 0 spiro atoms. The zero-order valence-electron chi connectivity index (χ0n) is 16.2. The molecular formula is C21H24BrNO5. The normalized spacial score (nSPS) is 24.7. The first-order valence-corrected chi connectivity index (χ1v) is 10.1. The van der Waals surface area contributed by atoms with Crippen LogP contribution in [-0.2, 0) is 23.8 Å². The third kappa shape index (κ3) is 4.36. The first-order valence-electron chi connectivity index (χ1n) is 9.30. The Morgan fingerprint density at radius 2 is 2.11 bits per heavy atom. The number of hydrogen-bond acceptors (Lipinski definition) is 6. The van der Waals surface area contributed by atoms with E-state index in [1.54, 1.807) is 13.8 Å². The smallest absolute Gasteiger partial charge is 0.336 e. The number of halogens is 1. The maximum Gasteiger partial charge on any atom is 0.336 e. The lowest BCUT2D eigenvalue weighted by Gasteiger charge is -2.31. The molecule has 7 heteroatoms. The Balaban J connectivity index is 1.98. The molecule has 3 atom stereocenters. The van der Waals surface area contributed by atoms with Gasteiger partial charge >= 0.3 is 11.9 Å². The second kappa shape index (κ2) is 9.01. The first-order chi connectivity index (χ1) is 13.4. The molecule has 3 rings (SSSR count). The van der Waals surface area contributed by atoms with E-state index in [4.69, 9.17) is 14.2 Å². The Hall–Kier alpha value is -1.99. The fraction of sp³-hybridized carbons (Fsp3) is 0.476. The SMILES string of the molecule is COC(=O)C1C(C)=NC(C)=C(C(=O)OC[C@H]2CCCO2)[C@H]1c1cccc(Br)c1. The molecule has 0 aliphatic carbocycles. The molecule has 0 amide bonds. The van der Waals surface area contributed by atoms with E-state index in [1.807, 2.05) is 24.3 Å². The van der Waals surface area contributed by atoms with Crippen LogP contribution < -0.4 is 0 Å². The highest BCUT2D eigenvalue weighted by molar-refractivity contribution is 9.10. The van der Waals surface area contributed by atoms with Crippen LogP contribution >= 0.6 is 15.9 Å². The minimum absolute atomic E-state index is 0.0700. The molecule has 150 valence electrons. The van der Waals surface area contributed by atoms with Crippen molar-refractivity contribution in [3.63, 3.8) is 0 Å². The summed E-state index contributed by atoms with van der Waals surface area (Å²) in [5.41, 5.74) is 2.38. The number of hydrogen-bond donors (Lipinski definition) is 0. The summed E-state index contributed by atoms with van der Waals surface area (Å²) in [7, 11) is 1.34. The van der Waals surface area contributed by atoms with Crippen molar-refractivity contribution in [3.05, 3.63) is 45.6 Å². The van der Waals surface area contributed by atoms with Crippen molar-refractivity contribution in [1.82, 2.24) is 0 Å². The van der Waals surface area contributed by atoms with Crippen LogP contribution in [0, 0.1) is 5.92 Å². The van der Waals surface area contributed by atoms with Gasteiger partial charge in [-0.1, -0.05) is 28.1 Å². The number of ether oxygens (including phenoxy) is 3. The molecule has 1 unspecified atom stereocenters. The lowest BCUT2D eigenvalue weighted by atomic mass is 9.75. The molecule has 0 radical (unpaired) electrons. The third-order valence-electron chi connectivity index (χ3n) is 5.14. The number of esters is 2.